The maximum Gasteiger partial charge on any atom is 0.279 e. The molecule has 0 radical (unpaired) electrons. The molecular formula is C13H27N3O3S. The smallest absolute Gasteiger partial charge is 0.279 e. The predicted molar refractivity (Wildman–Crippen MR) is 78.7 cm³/mol. The van der Waals surface area contributed by atoms with Crippen LogP contribution in [0.25, 0.3) is 0 Å². The van der Waals surface area contributed by atoms with Crippen molar-refractivity contribution < 1.29 is 13.2 Å². The van der Waals surface area contributed by atoms with E-state index in [-0.39, 0.29) is 12.1 Å². The Balaban J connectivity index is 1.80. The summed E-state index contributed by atoms with van der Waals surface area (Å²) in [6.07, 6.45) is 3.25. The Morgan fingerprint density at radius 3 is 2.90 bits per heavy atom. The van der Waals surface area contributed by atoms with Crippen molar-refractivity contribution in [3.05, 3.63) is 0 Å². The molecule has 0 saturated carbocycles. The third-order valence-electron chi connectivity index (χ3n) is 4.10. The van der Waals surface area contributed by atoms with E-state index in [1.54, 1.807) is 0 Å². The molecular weight excluding hydrogens is 278 g/mol. The molecule has 0 amide bonds. The fourth-order valence-electron chi connectivity index (χ4n) is 2.85. The lowest BCUT2D eigenvalue weighted by Crippen LogP contribution is -2.54. The molecule has 2 fully saturated rings. The van der Waals surface area contributed by atoms with E-state index in [1.807, 2.05) is 13.8 Å². The summed E-state index contributed by atoms with van der Waals surface area (Å²) < 4.78 is 34.4. The molecule has 0 spiro atoms. The van der Waals surface area contributed by atoms with Gasteiger partial charge in [0, 0.05) is 19.1 Å². The molecule has 2 aliphatic rings. The third kappa shape index (κ3) is 4.39. The van der Waals surface area contributed by atoms with Gasteiger partial charge in [0.05, 0.1) is 12.7 Å². The summed E-state index contributed by atoms with van der Waals surface area (Å²) in [5, 5.41) is 3.35. The van der Waals surface area contributed by atoms with Crippen molar-refractivity contribution in [3.8, 4) is 0 Å². The van der Waals surface area contributed by atoms with Crippen LogP contribution in [0.15, 0.2) is 0 Å². The highest BCUT2D eigenvalue weighted by Gasteiger charge is 2.32. The van der Waals surface area contributed by atoms with Gasteiger partial charge in [-0.3, -0.25) is 0 Å². The lowest BCUT2D eigenvalue weighted by atomic mass is 9.96. The normalized spacial score (nSPS) is 33.2. The van der Waals surface area contributed by atoms with Crippen LogP contribution in [0.5, 0.6) is 0 Å². The Bertz CT molecular complexity index is 396. The van der Waals surface area contributed by atoms with E-state index in [4.69, 9.17) is 4.74 Å². The van der Waals surface area contributed by atoms with Crippen LogP contribution in [-0.2, 0) is 14.9 Å². The molecule has 7 heteroatoms. The zero-order valence-electron chi connectivity index (χ0n) is 12.5. The van der Waals surface area contributed by atoms with Crippen molar-refractivity contribution in [1.82, 2.24) is 14.3 Å². The van der Waals surface area contributed by atoms with Gasteiger partial charge in [-0.2, -0.15) is 12.7 Å². The summed E-state index contributed by atoms with van der Waals surface area (Å²) in [7, 11) is -3.38. The highest BCUT2D eigenvalue weighted by Crippen LogP contribution is 2.16. The molecule has 118 valence electrons. The fourth-order valence-corrected chi connectivity index (χ4v) is 4.34. The number of hydrogen-bond donors (Lipinski definition) is 2. The van der Waals surface area contributed by atoms with Crippen molar-refractivity contribution in [2.75, 3.05) is 32.8 Å². The summed E-state index contributed by atoms with van der Waals surface area (Å²) in [6, 6.07) is -0.0972. The van der Waals surface area contributed by atoms with Gasteiger partial charge in [-0.15, -0.1) is 0 Å². The second kappa shape index (κ2) is 7.17. The van der Waals surface area contributed by atoms with Crippen molar-refractivity contribution in [2.24, 2.45) is 5.92 Å². The molecule has 2 saturated heterocycles. The number of piperidine rings is 1. The topological polar surface area (TPSA) is 70.7 Å². The quantitative estimate of drug-likeness (QED) is 0.767. The maximum absolute atomic E-state index is 12.3. The van der Waals surface area contributed by atoms with E-state index < -0.39 is 10.2 Å². The molecule has 0 aromatic rings. The number of hydrogen-bond acceptors (Lipinski definition) is 4. The van der Waals surface area contributed by atoms with E-state index in [1.165, 1.54) is 17.1 Å². The minimum atomic E-state index is -3.38. The van der Waals surface area contributed by atoms with E-state index in [2.05, 4.69) is 10.0 Å². The van der Waals surface area contributed by atoms with Gasteiger partial charge in [0.25, 0.3) is 10.2 Å². The number of rotatable bonds is 5. The lowest BCUT2D eigenvalue weighted by molar-refractivity contribution is -0.0175. The molecule has 0 aliphatic carbocycles. The SMILES string of the molecule is C[C@@H]1CN(S(=O)(=O)NCC[C@H]2CCCNC2)[C@@H](C)CO1. The van der Waals surface area contributed by atoms with Gasteiger partial charge in [0.15, 0.2) is 0 Å². The van der Waals surface area contributed by atoms with Crippen LogP contribution in [0.4, 0.5) is 0 Å². The first-order valence-corrected chi connectivity index (χ1v) is 9.02. The summed E-state index contributed by atoms with van der Waals surface area (Å²) in [6.45, 7) is 7.31. The van der Waals surface area contributed by atoms with Crippen LogP contribution < -0.4 is 10.0 Å². The van der Waals surface area contributed by atoms with Crippen molar-refractivity contribution in [1.29, 1.82) is 0 Å². The predicted octanol–water partition coefficient (Wildman–Crippen LogP) is 0.320. The van der Waals surface area contributed by atoms with Gasteiger partial charge in [-0.05, 0) is 52.1 Å². The highest BCUT2D eigenvalue weighted by atomic mass is 32.2. The first-order chi connectivity index (χ1) is 9.49. The fraction of sp³-hybridized carbons (Fsp3) is 1.00. The van der Waals surface area contributed by atoms with Crippen molar-refractivity contribution in [3.63, 3.8) is 0 Å². The van der Waals surface area contributed by atoms with Crippen LogP contribution in [-0.4, -0.2) is 57.7 Å². The van der Waals surface area contributed by atoms with Crippen LogP contribution in [0, 0.1) is 5.92 Å². The summed E-state index contributed by atoms with van der Waals surface area (Å²) in [5.74, 6) is 0.590. The van der Waals surface area contributed by atoms with Gasteiger partial charge >= 0.3 is 0 Å². The molecule has 2 rings (SSSR count). The van der Waals surface area contributed by atoms with Gasteiger partial charge in [-0.25, -0.2) is 4.72 Å². The molecule has 20 heavy (non-hydrogen) atoms. The largest absolute Gasteiger partial charge is 0.375 e. The van der Waals surface area contributed by atoms with E-state index >= 15 is 0 Å². The van der Waals surface area contributed by atoms with Gasteiger partial charge in [-0.1, -0.05) is 0 Å². The van der Waals surface area contributed by atoms with Crippen LogP contribution in [0.2, 0.25) is 0 Å². The monoisotopic (exact) mass is 305 g/mol. The standard InChI is InChI=1S/C13H27N3O3S/c1-11-10-19-12(2)9-16(11)20(17,18)15-7-5-13-4-3-6-14-8-13/h11-15H,3-10H2,1-2H3/t11-,12+,13+/m0/s1. The average molecular weight is 305 g/mol. The second-order valence-corrected chi connectivity index (χ2v) is 7.67. The number of morpholine rings is 1. The average Bonchev–Trinajstić information content (AvgIpc) is 2.42. The van der Waals surface area contributed by atoms with Gasteiger partial charge < -0.3 is 10.1 Å². The molecule has 6 nitrogen and oxygen atoms in total. The first-order valence-electron chi connectivity index (χ1n) is 7.58. The molecule has 0 bridgehead atoms. The minimum Gasteiger partial charge on any atom is -0.375 e. The first kappa shape index (κ1) is 16.2. The molecule has 3 atom stereocenters. The zero-order chi connectivity index (χ0) is 14.6. The molecule has 0 aromatic carbocycles. The number of ether oxygens (including phenoxy) is 1. The highest BCUT2D eigenvalue weighted by molar-refractivity contribution is 7.87. The van der Waals surface area contributed by atoms with E-state index in [0.717, 1.165) is 19.5 Å². The second-order valence-electron chi connectivity index (χ2n) is 5.96. The molecule has 2 heterocycles. The number of nitrogens with one attached hydrogen (secondary N) is 2. The summed E-state index contributed by atoms with van der Waals surface area (Å²) in [4.78, 5) is 0. The molecule has 0 unspecified atom stereocenters. The van der Waals surface area contributed by atoms with Crippen molar-refractivity contribution >= 4 is 10.2 Å². The van der Waals surface area contributed by atoms with Crippen LogP contribution >= 0.6 is 0 Å². The molecule has 2 N–H and O–H groups in total. The Kier molecular flexibility index (Phi) is 5.80. The van der Waals surface area contributed by atoms with E-state index in [0.29, 0.717) is 25.6 Å². The van der Waals surface area contributed by atoms with Crippen LogP contribution in [0.1, 0.15) is 33.1 Å². The Labute approximate surface area is 122 Å². The zero-order valence-corrected chi connectivity index (χ0v) is 13.3. The number of nitrogens with zero attached hydrogens (tertiary/aromatic N) is 1. The van der Waals surface area contributed by atoms with Gasteiger partial charge in [0.2, 0.25) is 0 Å². The Morgan fingerprint density at radius 1 is 1.40 bits per heavy atom. The maximum atomic E-state index is 12.3. The summed E-state index contributed by atoms with van der Waals surface area (Å²) in [5.41, 5.74) is 0. The van der Waals surface area contributed by atoms with Crippen molar-refractivity contribution in [2.45, 2.75) is 45.3 Å². The molecule has 0 aromatic heterocycles. The molecule has 2 aliphatic heterocycles. The summed E-state index contributed by atoms with van der Waals surface area (Å²) >= 11 is 0. The third-order valence-corrected chi connectivity index (χ3v) is 5.79. The Hall–Kier alpha value is -0.210. The Morgan fingerprint density at radius 2 is 2.20 bits per heavy atom. The van der Waals surface area contributed by atoms with E-state index in [9.17, 15) is 8.42 Å². The lowest BCUT2D eigenvalue weighted by Gasteiger charge is -2.35. The van der Waals surface area contributed by atoms with Gasteiger partial charge in [0.1, 0.15) is 0 Å². The van der Waals surface area contributed by atoms with Crippen LogP contribution in [0.3, 0.4) is 0 Å². The minimum absolute atomic E-state index is 0.0367.